The molecule has 51 heavy (non-hydrogen) atoms. The number of alkyl carbamates (subject to hydrolysis) is 1. The maximum atomic E-state index is 14.3. The highest BCUT2D eigenvalue weighted by molar-refractivity contribution is 5.85. The van der Waals surface area contributed by atoms with Crippen molar-refractivity contribution < 1.29 is 52.3 Å². The number of amides is 1. The number of ketones is 1. The number of hydrogen-bond acceptors (Lipinski definition) is 13. The molecule has 1 N–H and O–H groups in total. The third kappa shape index (κ3) is 8.63. The average Bonchev–Trinajstić information content (AvgIpc) is 3.39. The van der Waals surface area contributed by atoms with E-state index in [1.165, 1.54) is 6.92 Å². The largest absolute Gasteiger partial charge is 0.458 e. The summed E-state index contributed by atoms with van der Waals surface area (Å²) in [4.78, 5) is 58.6. The monoisotopic (exact) mass is 723 g/mol. The van der Waals surface area contributed by atoms with Crippen LogP contribution in [0.25, 0.3) is 10.4 Å². The average molecular weight is 724 g/mol. The second-order valence-corrected chi connectivity index (χ2v) is 15.5. The topological polar surface area (TPSA) is 197 Å². The lowest BCUT2D eigenvalue weighted by Crippen LogP contribution is -2.61. The molecule has 288 valence electrons. The zero-order chi connectivity index (χ0) is 38.0. The van der Waals surface area contributed by atoms with Gasteiger partial charge in [-0.1, -0.05) is 32.8 Å². The van der Waals surface area contributed by atoms with Crippen LogP contribution in [0, 0.1) is 23.7 Å². The van der Waals surface area contributed by atoms with E-state index in [9.17, 15) is 24.7 Å². The van der Waals surface area contributed by atoms with Crippen LogP contribution in [0.1, 0.15) is 81.6 Å². The molecular weight excluding hydrogens is 666 g/mol. The van der Waals surface area contributed by atoms with Crippen LogP contribution in [0.3, 0.4) is 0 Å². The highest BCUT2D eigenvalue weighted by Gasteiger charge is 2.58. The summed E-state index contributed by atoms with van der Waals surface area (Å²) in [6.45, 7) is 15.5. The van der Waals surface area contributed by atoms with Crippen LogP contribution in [0.15, 0.2) is 5.11 Å². The molecular formula is C35H57N5O11. The quantitative estimate of drug-likeness (QED) is 0.137. The minimum absolute atomic E-state index is 0.0702. The summed E-state index contributed by atoms with van der Waals surface area (Å²) in [5, 5.41) is 6.72. The number of fused-ring (bicyclic) bond motifs is 4. The summed E-state index contributed by atoms with van der Waals surface area (Å²) >= 11 is 0. The van der Waals surface area contributed by atoms with Crippen LogP contribution in [0.2, 0.25) is 0 Å². The predicted octanol–water partition coefficient (Wildman–Crippen LogP) is 3.93. The minimum Gasteiger partial charge on any atom is -0.458 e. The van der Waals surface area contributed by atoms with Gasteiger partial charge in [0.05, 0.1) is 61.2 Å². The normalized spacial score (nSPS) is 44.0. The lowest BCUT2D eigenvalue weighted by molar-refractivity contribution is -0.304. The Hall–Kier alpha value is -3.01. The summed E-state index contributed by atoms with van der Waals surface area (Å²) in [5.74, 6) is -4.20. The Bertz CT molecular complexity index is 1340. The van der Waals surface area contributed by atoms with E-state index in [1.54, 1.807) is 27.7 Å². The van der Waals surface area contributed by atoms with Crippen molar-refractivity contribution in [1.29, 1.82) is 0 Å². The zero-order valence-electron chi connectivity index (χ0n) is 31.8. The molecule has 4 saturated heterocycles. The van der Waals surface area contributed by atoms with Crippen molar-refractivity contribution in [3.8, 4) is 0 Å². The van der Waals surface area contributed by atoms with Gasteiger partial charge in [0.1, 0.15) is 11.9 Å². The van der Waals surface area contributed by atoms with Crippen molar-refractivity contribution in [2.24, 2.45) is 28.8 Å². The maximum absolute atomic E-state index is 14.3. The van der Waals surface area contributed by atoms with Gasteiger partial charge in [-0.25, -0.2) is 4.79 Å². The molecule has 1 unspecified atom stereocenters. The molecule has 4 rings (SSSR count). The van der Waals surface area contributed by atoms with Crippen molar-refractivity contribution in [3.63, 3.8) is 0 Å². The molecule has 0 aromatic rings. The summed E-state index contributed by atoms with van der Waals surface area (Å²) in [6.07, 6.45) is -4.54. The van der Waals surface area contributed by atoms with E-state index in [0.29, 0.717) is 12.8 Å². The molecule has 0 aromatic carbocycles. The molecule has 4 fully saturated rings. The van der Waals surface area contributed by atoms with Gasteiger partial charge in [0.25, 0.3) is 0 Å². The summed E-state index contributed by atoms with van der Waals surface area (Å²) < 4.78 is 44.2. The molecule has 16 nitrogen and oxygen atoms in total. The number of carbonyl (C=O) groups excluding carboxylic acids is 4. The number of rotatable bonds is 6. The van der Waals surface area contributed by atoms with Gasteiger partial charge >= 0.3 is 18.0 Å². The first-order valence-electron chi connectivity index (χ1n) is 18.0. The number of azide groups is 1. The third-order valence-electron chi connectivity index (χ3n) is 11.2. The molecule has 2 bridgehead atoms. The fraction of sp³-hybridized carbons (Fsp3) is 0.886. The Balaban J connectivity index is 1.89. The van der Waals surface area contributed by atoms with Crippen LogP contribution in [0.5, 0.6) is 0 Å². The standard InChI is InChI=1S/C35H57N5O11/c1-12-25-35(9)29(37-33(44)51-35)19(4)26(42)17(2)14-34(8)30(50-32-28(48-22(7)41)24(40(10)11)13-18(3)47-32)20(5)27(21(6)31(43)49-25)45-15-23(16-46-34)38-39-36/h17-21,23-25,27-30,32H,12-16H2,1-11H3,(H,37,44)/t17-,18-,19+,20-,21-,23?,24+,25-,27+,28-,29+,30-,32+,34-,35-/m1/s1. The van der Waals surface area contributed by atoms with Gasteiger partial charge in [0.15, 0.2) is 18.0 Å². The molecule has 0 aromatic heterocycles. The first-order valence-corrected chi connectivity index (χ1v) is 18.0. The second-order valence-electron chi connectivity index (χ2n) is 15.5. The number of cyclic esters (lactones) is 1. The van der Waals surface area contributed by atoms with Gasteiger partial charge in [0.2, 0.25) is 0 Å². The van der Waals surface area contributed by atoms with Gasteiger partial charge in [-0.2, -0.15) is 0 Å². The Morgan fingerprint density at radius 2 is 1.78 bits per heavy atom. The number of nitrogens with zero attached hydrogens (tertiary/aromatic N) is 4. The number of likely N-dealkylation sites (N-methyl/N-ethyl adjacent to an activating group) is 1. The molecule has 0 aliphatic carbocycles. The fourth-order valence-electron chi connectivity index (χ4n) is 8.56. The van der Waals surface area contributed by atoms with Gasteiger partial charge < -0.3 is 43.4 Å². The second kappa shape index (κ2) is 16.3. The Morgan fingerprint density at radius 3 is 2.39 bits per heavy atom. The Morgan fingerprint density at radius 1 is 1.10 bits per heavy atom. The van der Waals surface area contributed by atoms with Crippen LogP contribution < -0.4 is 5.32 Å². The van der Waals surface area contributed by atoms with Crippen LogP contribution in [-0.4, -0.2) is 122 Å². The minimum atomic E-state index is -1.34. The van der Waals surface area contributed by atoms with Gasteiger partial charge in [-0.15, -0.1) is 0 Å². The van der Waals surface area contributed by atoms with E-state index in [-0.39, 0.29) is 37.6 Å². The van der Waals surface area contributed by atoms with Crippen LogP contribution in [0.4, 0.5) is 4.79 Å². The van der Waals surface area contributed by atoms with Crippen molar-refractivity contribution in [2.45, 2.75) is 148 Å². The highest BCUT2D eigenvalue weighted by atomic mass is 16.7. The number of carbonyl (C=O) groups is 4. The van der Waals surface area contributed by atoms with Crippen LogP contribution >= 0.6 is 0 Å². The maximum Gasteiger partial charge on any atom is 0.408 e. The highest BCUT2D eigenvalue weighted by Crippen LogP contribution is 2.42. The van der Waals surface area contributed by atoms with E-state index in [2.05, 4.69) is 15.3 Å². The van der Waals surface area contributed by atoms with Crippen molar-refractivity contribution in [1.82, 2.24) is 10.2 Å². The molecule has 4 aliphatic rings. The summed E-state index contributed by atoms with van der Waals surface area (Å²) in [6, 6.07) is -1.81. The van der Waals surface area contributed by atoms with Gasteiger partial charge in [-0.05, 0) is 66.6 Å². The van der Waals surface area contributed by atoms with E-state index in [0.717, 1.165) is 0 Å². The Kier molecular flexibility index (Phi) is 13.1. The fourth-order valence-corrected chi connectivity index (χ4v) is 8.56. The first-order chi connectivity index (χ1) is 23.9. The molecule has 4 aliphatic heterocycles. The summed E-state index contributed by atoms with van der Waals surface area (Å²) in [5.41, 5.74) is 6.78. The molecule has 4 heterocycles. The van der Waals surface area contributed by atoms with E-state index < -0.39 is 95.7 Å². The molecule has 0 spiro atoms. The predicted molar refractivity (Wildman–Crippen MR) is 182 cm³/mol. The Labute approximate surface area is 300 Å². The van der Waals surface area contributed by atoms with Crippen molar-refractivity contribution >= 4 is 23.8 Å². The lowest BCUT2D eigenvalue weighted by atomic mass is 9.73. The number of Topliss-reactive ketones (excluding diaryl/α,β-unsaturated/α-hetero) is 1. The number of hydrogen-bond donors (Lipinski definition) is 1. The molecule has 16 heteroatoms. The number of nitrogens with one attached hydrogen (secondary N) is 1. The number of esters is 2. The number of ether oxygens (including phenoxy) is 7. The first kappa shape index (κ1) is 40.8. The SMILES string of the molecule is CC[C@H]1OC(=O)[C@H](C)[C@H]2OCC(N=[N+]=[N-])CO[C@](C)(C[C@@H](C)C(=O)[C@H](C)[C@@H]3NC(=O)O[C@]13C)[C@H](O[C@@H]1O[C@H](C)C[C@H](N(C)C)[C@H]1OC(C)=O)[C@@H]2C. The van der Waals surface area contributed by atoms with Gasteiger partial charge in [-0.3, -0.25) is 14.4 Å². The smallest absolute Gasteiger partial charge is 0.408 e. The molecule has 0 radical (unpaired) electrons. The lowest BCUT2D eigenvalue weighted by Gasteiger charge is -2.49. The van der Waals surface area contributed by atoms with Crippen molar-refractivity contribution in [2.75, 3.05) is 27.3 Å². The van der Waals surface area contributed by atoms with Crippen molar-refractivity contribution in [3.05, 3.63) is 10.4 Å². The molecule has 1 amide bonds. The van der Waals surface area contributed by atoms with Gasteiger partial charge in [0, 0.05) is 29.6 Å². The summed E-state index contributed by atoms with van der Waals surface area (Å²) in [7, 11) is 3.79. The molecule has 0 saturated carbocycles. The third-order valence-corrected chi connectivity index (χ3v) is 11.2. The molecule has 15 atom stereocenters. The van der Waals surface area contributed by atoms with E-state index >= 15 is 0 Å². The zero-order valence-corrected chi connectivity index (χ0v) is 31.8. The van der Waals surface area contributed by atoms with E-state index in [1.807, 2.05) is 46.7 Å². The van der Waals surface area contributed by atoms with E-state index in [4.69, 9.17) is 33.2 Å². The van der Waals surface area contributed by atoms with Crippen LogP contribution in [-0.2, 0) is 47.5 Å².